The van der Waals surface area contributed by atoms with Crippen LogP contribution in [0.4, 0.5) is 0 Å². The predicted octanol–water partition coefficient (Wildman–Crippen LogP) is 4.10. The summed E-state index contributed by atoms with van der Waals surface area (Å²) in [7, 11) is 1.57. The number of carbonyl (C=O) groups excluding carboxylic acids is 1. The normalized spacial score (nSPS) is 16.2. The standard InChI is InChI=1S/C28H25N5O3/c1-35-13-5-8-25(34)32-17-28(18-32)14-21(15-28)33-27-24(16-29-19-30-27)26(31-33)20-9-11-23(12-10-20)36-22-6-3-2-4-7-22/h2-4,6-7,9-12,16,19,21H,13-15,17-18H2,1H3. The molecule has 6 rings (SSSR count). The monoisotopic (exact) mass is 479 g/mol. The zero-order chi connectivity index (χ0) is 24.5. The van der Waals surface area contributed by atoms with E-state index in [0.29, 0.717) is 0 Å². The summed E-state index contributed by atoms with van der Waals surface area (Å²) < 4.78 is 12.9. The largest absolute Gasteiger partial charge is 0.457 e. The highest BCUT2D eigenvalue weighted by molar-refractivity contribution is 5.94. The zero-order valence-electron chi connectivity index (χ0n) is 19.9. The molecule has 2 aliphatic rings. The van der Waals surface area contributed by atoms with E-state index in [1.807, 2.05) is 70.4 Å². The Bertz CT molecular complexity index is 1460. The van der Waals surface area contributed by atoms with Crippen molar-refractivity contribution < 1.29 is 14.3 Å². The van der Waals surface area contributed by atoms with Gasteiger partial charge in [-0.1, -0.05) is 24.1 Å². The molecular formula is C28H25N5O3. The van der Waals surface area contributed by atoms with Crippen LogP contribution in [-0.4, -0.2) is 57.4 Å². The van der Waals surface area contributed by atoms with Gasteiger partial charge in [0.25, 0.3) is 5.91 Å². The fourth-order valence-electron chi connectivity index (χ4n) is 5.20. The van der Waals surface area contributed by atoms with Crippen LogP contribution in [0.1, 0.15) is 18.9 Å². The van der Waals surface area contributed by atoms with E-state index in [1.165, 1.54) is 0 Å². The lowest BCUT2D eigenvalue weighted by atomic mass is 9.60. The number of methoxy groups -OCH3 is 1. The smallest absolute Gasteiger partial charge is 0.298 e. The molecule has 2 aromatic heterocycles. The number of para-hydroxylation sites is 1. The average Bonchev–Trinajstić information content (AvgIpc) is 3.23. The first-order chi connectivity index (χ1) is 17.6. The molecule has 0 unspecified atom stereocenters. The van der Waals surface area contributed by atoms with E-state index in [2.05, 4.69) is 21.8 Å². The van der Waals surface area contributed by atoms with E-state index in [1.54, 1.807) is 13.4 Å². The third kappa shape index (κ3) is 4.08. The van der Waals surface area contributed by atoms with Crippen LogP contribution in [0.3, 0.4) is 0 Å². The van der Waals surface area contributed by atoms with Crippen LogP contribution >= 0.6 is 0 Å². The van der Waals surface area contributed by atoms with Crippen molar-refractivity contribution in [2.75, 3.05) is 26.8 Å². The van der Waals surface area contributed by atoms with Crippen molar-refractivity contribution in [2.45, 2.75) is 18.9 Å². The van der Waals surface area contributed by atoms with Gasteiger partial charge >= 0.3 is 0 Å². The third-order valence-electron chi connectivity index (χ3n) is 6.91. The van der Waals surface area contributed by atoms with Gasteiger partial charge in [0.15, 0.2) is 5.65 Å². The minimum atomic E-state index is -0.125. The lowest BCUT2D eigenvalue weighted by Crippen LogP contribution is -2.63. The fourth-order valence-corrected chi connectivity index (χ4v) is 5.20. The first-order valence-electron chi connectivity index (χ1n) is 11.9. The van der Waals surface area contributed by atoms with Gasteiger partial charge in [-0.2, -0.15) is 5.10 Å². The highest BCUT2D eigenvalue weighted by Crippen LogP contribution is 2.54. The summed E-state index contributed by atoms with van der Waals surface area (Å²) in [6, 6.07) is 17.9. The van der Waals surface area contributed by atoms with Crippen molar-refractivity contribution in [3.8, 4) is 34.6 Å². The Balaban J connectivity index is 1.17. The maximum Gasteiger partial charge on any atom is 0.298 e. The summed E-state index contributed by atoms with van der Waals surface area (Å²) in [5.41, 5.74) is 2.84. The molecule has 0 N–H and O–H groups in total. The van der Waals surface area contributed by atoms with Crippen LogP contribution in [0.2, 0.25) is 0 Å². The molecule has 4 aromatic rings. The number of hydrogen-bond acceptors (Lipinski definition) is 6. The topological polar surface area (TPSA) is 82.4 Å². The SMILES string of the molecule is COCC#CC(=O)N1CC2(CC(n3nc(-c4ccc(Oc5ccccc5)cc4)c4cncnc43)C2)C1. The molecule has 0 atom stereocenters. The van der Waals surface area contributed by atoms with Gasteiger partial charge < -0.3 is 14.4 Å². The van der Waals surface area contributed by atoms with E-state index in [9.17, 15) is 4.79 Å². The van der Waals surface area contributed by atoms with Gasteiger partial charge in [0.2, 0.25) is 0 Å². The molecule has 8 heteroatoms. The molecular weight excluding hydrogens is 454 g/mol. The summed E-state index contributed by atoms with van der Waals surface area (Å²) >= 11 is 0. The number of ether oxygens (including phenoxy) is 2. The lowest BCUT2D eigenvalue weighted by Gasteiger charge is -2.58. The second-order valence-electron chi connectivity index (χ2n) is 9.45. The number of amides is 1. The number of aromatic nitrogens is 4. The van der Waals surface area contributed by atoms with Gasteiger partial charge in [0.05, 0.1) is 11.4 Å². The number of rotatable bonds is 5. The van der Waals surface area contributed by atoms with Gasteiger partial charge in [-0.05, 0) is 55.2 Å². The first kappa shape index (κ1) is 22.3. The molecule has 1 saturated carbocycles. The van der Waals surface area contributed by atoms with Crippen LogP contribution in [0.15, 0.2) is 67.1 Å². The molecule has 8 nitrogen and oxygen atoms in total. The zero-order valence-corrected chi connectivity index (χ0v) is 19.9. The van der Waals surface area contributed by atoms with Gasteiger partial charge in [-0.15, -0.1) is 0 Å². The molecule has 0 radical (unpaired) electrons. The van der Waals surface area contributed by atoms with Crippen molar-refractivity contribution in [3.05, 3.63) is 67.1 Å². The molecule has 0 bridgehead atoms. The fraction of sp³-hybridized carbons (Fsp3) is 0.286. The number of carbonyl (C=O) groups is 1. The Morgan fingerprint density at radius 3 is 2.58 bits per heavy atom. The van der Waals surface area contributed by atoms with E-state index in [4.69, 9.17) is 14.6 Å². The highest BCUT2D eigenvalue weighted by Gasteiger charge is 2.54. The molecule has 180 valence electrons. The molecule has 3 heterocycles. The van der Waals surface area contributed by atoms with Crippen molar-refractivity contribution in [1.29, 1.82) is 0 Å². The Morgan fingerprint density at radius 2 is 1.83 bits per heavy atom. The summed E-state index contributed by atoms with van der Waals surface area (Å²) in [6.07, 6.45) is 5.32. The number of benzene rings is 2. The molecule has 2 fully saturated rings. The number of nitrogens with zero attached hydrogens (tertiary/aromatic N) is 5. The molecule has 1 saturated heterocycles. The maximum absolute atomic E-state index is 12.2. The van der Waals surface area contributed by atoms with Crippen LogP contribution < -0.4 is 4.74 Å². The first-order valence-corrected chi connectivity index (χ1v) is 11.9. The Kier molecular flexibility index (Phi) is 5.62. The summed E-state index contributed by atoms with van der Waals surface area (Å²) in [4.78, 5) is 22.8. The molecule has 1 spiro atoms. The molecule has 1 aliphatic heterocycles. The second-order valence-corrected chi connectivity index (χ2v) is 9.45. The summed E-state index contributed by atoms with van der Waals surface area (Å²) in [6.45, 7) is 1.76. The van der Waals surface area contributed by atoms with Crippen molar-refractivity contribution in [3.63, 3.8) is 0 Å². The Morgan fingerprint density at radius 1 is 1.08 bits per heavy atom. The van der Waals surface area contributed by atoms with Crippen LogP contribution in [-0.2, 0) is 9.53 Å². The Hall–Kier alpha value is -4.22. The van der Waals surface area contributed by atoms with Crippen LogP contribution in [0, 0.1) is 17.3 Å². The minimum absolute atomic E-state index is 0.125. The highest BCUT2D eigenvalue weighted by atomic mass is 16.5. The Labute approximate surface area is 208 Å². The van der Waals surface area contributed by atoms with E-state index in [-0.39, 0.29) is 24.0 Å². The summed E-state index contributed by atoms with van der Waals surface area (Å²) in [5.74, 6) is 6.82. The lowest BCUT2D eigenvalue weighted by molar-refractivity contribution is -0.147. The predicted molar refractivity (Wildman–Crippen MR) is 134 cm³/mol. The minimum Gasteiger partial charge on any atom is -0.457 e. The van der Waals surface area contributed by atoms with Gasteiger partial charge in [-0.25, -0.2) is 14.6 Å². The molecule has 2 aromatic carbocycles. The van der Waals surface area contributed by atoms with Crippen molar-refractivity contribution >= 4 is 16.9 Å². The number of likely N-dealkylation sites (tertiary alicyclic amines) is 1. The van der Waals surface area contributed by atoms with Crippen molar-refractivity contribution in [1.82, 2.24) is 24.6 Å². The molecule has 36 heavy (non-hydrogen) atoms. The summed E-state index contributed by atoms with van der Waals surface area (Å²) in [5, 5.41) is 5.90. The van der Waals surface area contributed by atoms with Gasteiger partial charge in [-0.3, -0.25) is 4.79 Å². The maximum atomic E-state index is 12.2. The van der Waals surface area contributed by atoms with E-state index < -0.39 is 0 Å². The van der Waals surface area contributed by atoms with Gasteiger partial charge in [0.1, 0.15) is 30.1 Å². The second kappa shape index (κ2) is 9.10. The van der Waals surface area contributed by atoms with Gasteiger partial charge in [0, 0.05) is 37.4 Å². The number of fused-ring (bicyclic) bond motifs is 1. The molecule has 1 aliphatic carbocycles. The molecule has 1 amide bonds. The number of hydrogen-bond donors (Lipinski definition) is 0. The van der Waals surface area contributed by atoms with E-state index in [0.717, 1.165) is 59.7 Å². The van der Waals surface area contributed by atoms with Crippen molar-refractivity contribution in [2.24, 2.45) is 5.41 Å². The van der Waals surface area contributed by atoms with Crippen LogP contribution in [0.5, 0.6) is 11.5 Å². The average molecular weight is 480 g/mol. The third-order valence-corrected chi connectivity index (χ3v) is 6.91. The van der Waals surface area contributed by atoms with E-state index >= 15 is 0 Å². The van der Waals surface area contributed by atoms with Crippen LogP contribution in [0.25, 0.3) is 22.3 Å². The quantitative estimate of drug-likeness (QED) is 0.401.